The second-order valence-electron chi connectivity index (χ2n) is 7.70. The van der Waals surface area contributed by atoms with E-state index in [1.807, 2.05) is 62.5 Å². The molecule has 1 heterocycles. The number of aromatic nitrogens is 1. The zero-order chi connectivity index (χ0) is 23.1. The highest BCUT2D eigenvalue weighted by molar-refractivity contribution is 6.30. The number of aromatic amines is 1. The Labute approximate surface area is 194 Å². The minimum Gasteiger partial charge on any atom is -0.482 e. The van der Waals surface area contributed by atoms with Crippen LogP contribution in [0.15, 0.2) is 48.7 Å². The molecule has 0 bridgehead atoms. The normalized spacial score (nSPS) is 13.2. The molecule has 0 aliphatic rings. The van der Waals surface area contributed by atoms with Crippen molar-refractivity contribution in [2.75, 3.05) is 26.3 Å². The molecule has 1 amide bonds. The van der Waals surface area contributed by atoms with Gasteiger partial charge >= 0.3 is 0 Å². The molecule has 3 rings (SSSR count). The first kappa shape index (κ1) is 24.1. The smallest absolute Gasteiger partial charge is 0.260 e. The number of rotatable bonds is 11. The maximum atomic E-state index is 12.3. The number of nitrogens with zero attached hydrogens (tertiary/aromatic N) is 1. The Morgan fingerprint density at radius 2 is 1.91 bits per heavy atom. The lowest BCUT2D eigenvalue weighted by Crippen LogP contribution is -2.34. The standard InChI is InChI=1S/C25H32ClN3O3/c1-4-21(28-22(15-30)17-9-7-10-18(26)13-17)20-14-27-25-19(20)11-8-12-23(25)32-16-24(31)29(5-2)6-3/h7-14,21-22,27-28,30H,4-6,15-16H2,1-3H3. The number of aliphatic hydroxyl groups is 1. The molecule has 0 radical (unpaired) electrons. The number of ether oxygens (including phenoxy) is 1. The molecule has 32 heavy (non-hydrogen) atoms. The van der Waals surface area contributed by atoms with Crippen LogP contribution in [0.2, 0.25) is 5.02 Å². The molecule has 172 valence electrons. The molecular formula is C25H32ClN3O3. The zero-order valence-electron chi connectivity index (χ0n) is 18.9. The number of likely N-dealkylation sites (N-methyl/N-ethyl adjacent to an activating group) is 1. The minimum absolute atomic E-state index is 0.00591. The Hall–Kier alpha value is -2.54. The summed E-state index contributed by atoms with van der Waals surface area (Å²) in [5.41, 5.74) is 2.89. The van der Waals surface area contributed by atoms with E-state index in [1.165, 1.54) is 0 Å². The van der Waals surface area contributed by atoms with Crippen LogP contribution in [0.5, 0.6) is 5.75 Å². The van der Waals surface area contributed by atoms with Gasteiger partial charge in [-0.3, -0.25) is 4.79 Å². The third-order valence-corrected chi connectivity index (χ3v) is 6.03. The lowest BCUT2D eigenvalue weighted by Gasteiger charge is -2.24. The summed E-state index contributed by atoms with van der Waals surface area (Å²) in [7, 11) is 0. The molecular weight excluding hydrogens is 426 g/mol. The van der Waals surface area contributed by atoms with Gasteiger partial charge in [-0.1, -0.05) is 42.8 Å². The van der Waals surface area contributed by atoms with Crippen LogP contribution >= 0.6 is 11.6 Å². The maximum absolute atomic E-state index is 12.3. The van der Waals surface area contributed by atoms with E-state index >= 15 is 0 Å². The first-order valence-corrected chi connectivity index (χ1v) is 11.5. The van der Waals surface area contributed by atoms with Crippen LogP contribution < -0.4 is 10.1 Å². The van der Waals surface area contributed by atoms with E-state index < -0.39 is 0 Å². The number of halogens is 1. The van der Waals surface area contributed by atoms with Gasteiger partial charge in [0.05, 0.1) is 18.2 Å². The van der Waals surface area contributed by atoms with E-state index in [0.717, 1.165) is 28.5 Å². The van der Waals surface area contributed by atoms with E-state index in [2.05, 4.69) is 17.2 Å². The number of hydrogen-bond acceptors (Lipinski definition) is 4. The van der Waals surface area contributed by atoms with E-state index in [4.69, 9.17) is 16.3 Å². The third kappa shape index (κ3) is 5.44. The van der Waals surface area contributed by atoms with Crippen LogP contribution in [0, 0.1) is 0 Å². The van der Waals surface area contributed by atoms with Crippen LogP contribution in [-0.2, 0) is 4.79 Å². The lowest BCUT2D eigenvalue weighted by atomic mass is 10.00. The number of fused-ring (bicyclic) bond motifs is 1. The van der Waals surface area contributed by atoms with Gasteiger partial charge in [0.1, 0.15) is 5.75 Å². The van der Waals surface area contributed by atoms with Crippen molar-refractivity contribution in [1.82, 2.24) is 15.2 Å². The molecule has 6 nitrogen and oxygen atoms in total. The van der Waals surface area contributed by atoms with Gasteiger partial charge in [0.2, 0.25) is 0 Å². The summed E-state index contributed by atoms with van der Waals surface area (Å²) in [5, 5.41) is 15.2. The van der Waals surface area contributed by atoms with Gasteiger partial charge in [-0.25, -0.2) is 0 Å². The third-order valence-electron chi connectivity index (χ3n) is 5.80. The zero-order valence-corrected chi connectivity index (χ0v) is 19.7. The number of H-pyrrole nitrogens is 1. The monoisotopic (exact) mass is 457 g/mol. The van der Waals surface area contributed by atoms with E-state index in [0.29, 0.717) is 23.9 Å². The molecule has 2 aromatic carbocycles. The summed E-state index contributed by atoms with van der Waals surface area (Å²) in [6.45, 7) is 7.32. The van der Waals surface area contributed by atoms with Crippen molar-refractivity contribution in [1.29, 1.82) is 0 Å². The Balaban J connectivity index is 1.82. The molecule has 0 saturated carbocycles. The number of para-hydroxylation sites is 1. The second-order valence-corrected chi connectivity index (χ2v) is 8.13. The summed E-state index contributed by atoms with van der Waals surface area (Å²) >= 11 is 6.15. The quantitative estimate of drug-likeness (QED) is 0.385. The topological polar surface area (TPSA) is 77.6 Å². The number of aliphatic hydroxyl groups excluding tert-OH is 1. The summed E-state index contributed by atoms with van der Waals surface area (Å²) in [5.74, 6) is 0.622. The number of nitrogens with one attached hydrogen (secondary N) is 2. The van der Waals surface area contributed by atoms with Crippen molar-refractivity contribution in [2.24, 2.45) is 0 Å². The highest BCUT2D eigenvalue weighted by Crippen LogP contribution is 2.33. The predicted octanol–water partition coefficient (Wildman–Crippen LogP) is 4.84. The van der Waals surface area contributed by atoms with Gasteiger partial charge in [-0.05, 0) is 49.6 Å². The number of carbonyl (C=O) groups excluding carboxylic acids is 1. The Kier molecular flexibility index (Phi) is 8.56. The highest BCUT2D eigenvalue weighted by atomic mass is 35.5. The van der Waals surface area contributed by atoms with Gasteiger partial charge in [0.15, 0.2) is 6.61 Å². The first-order chi connectivity index (χ1) is 15.5. The predicted molar refractivity (Wildman–Crippen MR) is 129 cm³/mol. The Bertz CT molecular complexity index is 1030. The molecule has 1 aromatic heterocycles. The van der Waals surface area contributed by atoms with E-state index in [-0.39, 0.29) is 31.2 Å². The van der Waals surface area contributed by atoms with Crippen LogP contribution in [0.4, 0.5) is 0 Å². The summed E-state index contributed by atoms with van der Waals surface area (Å²) in [6.07, 6.45) is 2.80. The molecule has 0 fully saturated rings. The van der Waals surface area contributed by atoms with Gasteiger partial charge in [0.25, 0.3) is 5.91 Å². The summed E-state index contributed by atoms with van der Waals surface area (Å²) in [6, 6.07) is 13.1. The average molecular weight is 458 g/mol. The number of amides is 1. The van der Waals surface area contributed by atoms with Crippen LogP contribution in [0.25, 0.3) is 10.9 Å². The molecule has 7 heteroatoms. The molecule has 0 aliphatic heterocycles. The molecule has 0 saturated heterocycles. The lowest BCUT2D eigenvalue weighted by molar-refractivity contribution is -0.132. The van der Waals surface area contributed by atoms with E-state index in [1.54, 1.807) is 4.90 Å². The fourth-order valence-electron chi connectivity index (χ4n) is 4.01. The summed E-state index contributed by atoms with van der Waals surface area (Å²) < 4.78 is 5.88. The molecule has 2 atom stereocenters. The first-order valence-electron chi connectivity index (χ1n) is 11.1. The van der Waals surface area contributed by atoms with Crippen LogP contribution in [0.1, 0.15) is 50.4 Å². The van der Waals surface area contributed by atoms with Crippen molar-refractivity contribution < 1.29 is 14.6 Å². The number of benzene rings is 2. The largest absolute Gasteiger partial charge is 0.482 e. The number of carbonyl (C=O) groups is 1. The number of hydrogen-bond donors (Lipinski definition) is 3. The fourth-order valence-corrected chi connectivity index (χ4v) is 4.21. The van der Waals surface area contributed by atoms with Crippen molar-refractivity contribution in [3.63, 3.8) is 0 Å². The molecule has 0 aliphatic carbocycles. The molecule has 0 spiro atoms. The fraction of sp³-hybridized carbons (Fsp3) is 0.400. The van der Waals surface area contributed by atoms with Crippen molar-refractivity contribution in [3.05, 3.63) is 64.8 Å². The highest BCUT2D eigenvalue weighted by Gasteiger charge is 2.21. The SMILES string of the molecule is CCC(NC(CO)c1cccc(Cl)c1)c1c[nH]c2c(OCC(=O)N(CC)CC)cccc12. The molecule has 3 aromatic rings. The van der Waals surface area contributed by atoms with E-state index in [9.17, 15) is 9.90 Å². The van der Waals surface area contributed by atoms with Gasteiger partial charge < -0.3 is 25.0 Å². The van der Waals surface area contributed by atoms with Gasteiger partial charge in [0, 0.05) is 35.7 Å². The second kappa shape index (κ2) is 11.4. The minimum atomic E-state index is -0.241. The van der Waals surface area contributed by atoms with Crippen molar-refractivity contribution >= 4 is 28.4 Å². The van der Waals surface area contributed by atoms with Gasteiger partial charge in [-0.15, -0.1) is 0 Å². The van der Waals surface area contributed by atoms with Gasteiger partial charge in [-0.2, -0.15) is 0 Å². The summed E-state index contributed by atoms with van der Waals surface area (Å²) in [4.78, 5) is 17.4. The van der Waals surface area contributed by atoms with Crippen molar-refractivity contribution in [3.8, 4) is 5.75 Å². The molecule has 3 N–H and O–H groups in total. The van der Waals surface area contributed by atoms with Crippen LogP contribution in [-0.4, -0.2) is 47.2 Å². The van der Waals surface area contributed by atoms with Crippen molar-refractivity contribution in [2.45, 2.75) is 39.3 Å². The average Bonchev–Trinajstić information content (AvgIpc) is 3.24. The van der Waals surface area contributed by atoms with Crippen LogP contribution in [0.3, 0.4) is 0 Å². The Morgan fingerprint density at radius 3 is 2.56 bits per heavy atom. The molecule has 2 unspecified atom stereocenters. The Morgan fingerprint density at radius 1 is 1.16 bits per heavy atom. The maximum Gasteiger partial charge on any atom is 0.260 e.